The summed E-state index contributed by atoms with van der Waals surface area (Å²) in [5, 5.41) is 8.13. The van der Waals surface area contributed by atoms with Gasteiger partial charge in [-0.05, 0) is 25.5 Å². The van der Waals surface area contributed by atoms with Gasteiger partial charge in [-0.15, -0.1) is 22.7 Å². The number of aryl methyl sites for hydroxylation is 2. The lowest BCUT2D eigenvalue weighted by Gasteiger charge is -2.34. The number of aromatic nitrogens is 1. The molecule has 0 bridgehead atoms. The highest BCUT2D eigenvalue weighted by Gasteiger charge is 2.24. The predicted molar refractivity (Wildman–Crippen MR) is 119 cm³/mol. The van der Waals surface area contributed by atoms with E-state index in [4.69, 9.17) is 4.74 Å². The van der Waals surface area contributed by atoms with E-state index >= 15 is 0 Å². The fraction of sp³-hybridized carbons (Fsp3) is 0.600. The van der Waals surface area contributed by atoms with E-state index in [0.29, 0.717) is 6.04 Å². The summed E-state index contributed by atoms with van der Waals surface area (Å²) in [6.07, 6.45) is 3.96. The SMILES string of the molecule is CCc1cnc(CCNC(=NC)NCC(c2ccc(C)s2)N2CCOCC2)s1. The number of hydrogen-bond donors (Lipinski definition) is 2. The number of nitrogens with one attached hydrogen (secondary N) is 2. The van der Waals surface area contributed by atoms with E-state index in [0.717, 1.165) is 58.2 Å². The zero-order valence-corrected chi connectivity index (χ0v) is 18.7. The molecule has 3 rings (SSSR count). The molecule has 1 saturated heterocycles. The number of morpholine rings is 1. The van der Waals surface area contributed by atoms with Crippen molar-refractivity contribution in [2.45, 2.75) is 32.7 Å². The van der Waals surface area contributed by atoms with E-state index in [9.17, 15) is 0 Å². The summed E-state index contributed by atoms with van der Waals surface area (Å²) in [5.41, 5.74) is 0. The van der Waals surface area contributed by atoms with Crippen molar-refractivity contribution in [3.63, 3.8) is 0 Å². The molecule has 6 nitrogen and oxygen atoms in total. The van der Waals surface area contributed by atoms with E-state index < -0.39 is 0 Å². The van der Waals surface area contributed by atoms with Gasteiger partial charge in [0.1, 0.15) is 0 Å². The van der Waals surface area contributed by atoms with Crippen molar-refractivity contribution in [3.8, 4) is 0 Å². The van der Waals surface area contributed by atoms with Gasteiger partial charge in [0.05, 0.1) is 24.3 Å². The normalized spacial score (nSPS) is 16.9. The number of nitrogens with zero attached hydrogens (tertiary/aromatic N) is 3. The molecule has 1 fully saturated rings. The molecule has 2 aromatic heterocycles. The minimum Gasteiger partial charge on any atom is -0.379 e. The van der Waals surface area contributed by atoms with E-state index in [-0.39, 0.29) is 0 Å². The molecule has 28 heavy (non-hydrogen) atoms. The van der Waals surface area contributed by atoms with E-state index in [1.54, 1.807) is 11.3 Å². The Morgan fingerprint density at radius 3 is 2.75 bits per heavy atom. The smallest absolute Gasteiger partial charge is 0.191 e. The van der Waals surface area contributed by atoms with Gasteiger partial charge in [0.25, 0.3) is 0 Å². The van der Waals surface area contributed by atoms with Crippen LogP contribution in [-0.2, 0) is 17.6 Å². The van der Waals surface area contributed by atoms with Gasteiger partial charge in [0.2, 0.25) is 0 Å². The largest absolute Gasteiger partial charge is 0.379 e. The van der Waals surface area contributed by atoms with Crippen molar-refractivity contribution in [1.82, 2.24) is 20.5 Å². The monoisotopic (exact) mass is 421 g/mol. The number of thiazole rings is 1. The van der Waals surface area contributed by atoms with Crippen LogP contribution in [0.2, 0.25) is 0 Å². The first-order valence-electron chi connectivity index (χ1n) is 9.95. The molecule has 0 aromatic carbocycles. The predicted octanol–water partition coefficient (Wildman–Crippen LogP) is 2.86. The lowest BCUT2D eigenvalue weighted by atomic mass is 10.2. The second-order valence-corrected chi connectivity index (χ2v) is 9.34. The first kappa shape index (κ1) is 21.2. The molecule has 1 aliphatic rings. The summed E-state index contributed by atoms with van der Waals surface area (Å²) < 4.78 is 5.54. The van der Waals surface area contributed by atoms with Crippen LogP contribution >= 0.6 is 22.7 Å². The minimum absolute atomic E-state index is 0.340. The third-order valence-electron chi connectivity index (χ3n) is 4.84. The average Bonchev–Trinajstić information content (AvgIpc) is 3.36. The highest BCUT2D eigenvalue weighted by Crippen LogP contribution is 2.27. The van der Waals surface area contributed by atoms with Gasteiger partial charge in [-0.3, -0.25) is 9.89 Å². The Hall–Kier alpha value is -1.48. The first-order chi connectivity index (χ1) is 13.7. The Bertz CT molecular complexity index is 751. The van der Waals surface area contributed by atoms with Gasteiger partial charge in [-0.25, -0.2) is 4.98 Å². The van der Waals surface area contributed by atoms with Crippen LogP contribution in [0.4, 0.5) is 0 Å². The van der Waals surface area contributed by atoms with Crippen LogP contribution in [0.25, 0.3) is 0 Å². The van der Waals surface area contributed by atoms with Gasteiger partial charge in [-0.1, -0.05) is 6.92 Å². The fourth-order valence-electron chi connectivity index (χ4n) is 3.26. The molecular formula is C20H31N5OS2. The number of ether oxygens (including phenoxy) is 1. The zero-order chi connectivity index (χ0) is 19.8. The highest BCUT2D eigenvalue weighted by molar-refractivity contribution is 7.12. The Morgan fingerprint density at radius 2 is 2.11 bits per heavy atom. The summed E-state index contributed by atoms with van der Waals surface area (Å²) in [6.45, 7) is 9.55. The van der Waals surface area contributed by atoms with Crippen LogP contribution in [0.1, 0.15) is 32.6 Å². The van der Waals surface area contributed by atoms with Crippen molar-refractivity contribution in [2.24, 2.45) is 4.99 Å². The van der Waals surface area contributed by atoms with Crippen LogP contribution in [0.3, 0.4) is 0 Å². The van der Waals surface area contributed by atoms with Crippen molar-refractivity contribution in [2.75, 3.05) is 46.4 Å². The third kappa shape index (κ3) is 6.01. The molecule has 0 radical (unpaired) electrons. The van der Waals surface area contributed by atoms with Gasteiger partial charge in [-0.2, -0.15) is 0 Å². The van der Waals surface area contributed by atoms with Gasteiger partial charge >= 0.3 is 0 Å². The van der Waals surface area contributed by atoms with Crippen LogP contribution < -0.4 is 10.6 Å². The Balaban J connectivity index is 1.53. The molecule has 154 valence electrons. The molecule has 8 heteroatoms. The van der Waals surface area contributed by atoms with Gasteiger partial charge in [0, 0.05) is 60.5 Å². The van der Waals surface area contributed by atoms with Crippen LogP contribution in [-0.4, -0.2) is 62.3 Å². The summed E-state index contributed by atoms with van der Waals surface area (Å²) in [4.78, 5) is 15.5. The number of thiophene rings is 1. The minimum atomic E-state index is 0.340. The van der Waals surface area contributed by atoms with Crippen LogP contribution in [0, 0.1) is 6.92 Å². The Kier molecular flexibility index (Phi) is 8.27. The van der Waals surface area contributed by atoms with Crippen LogP contribution in [0.5, 0.6) is 0 Å². The molecule has 1 unspecified atom stereocenters. The molecule has 0 spiro atoms. The summed E-state index contributed by atoms with van der Waals surface area (Å²) >= 11 is 3.68. The lowest BCUT2D eigenvalue weighted by Crippen LogP contribution is -2.46. The maximum atomic E-state index is 5.54. The number of hydrogen-bond acceptors (Lipinski definition) is 6. The quantitative estimate of drug-likeness (QED) is 0.507. The van der Waals surface area contributed by atoms with Crippen molar-refractivity contribution in [1.29, 1.82) is 0 Å². The standard InChI is InChI=1S/C20H31N5OS2/c1-4-16-13-23-19(28-16)7-8-22-20(21-3)24-14-17(18-6-5-15(2)27-18)25-9-11-26-12-10-25/h5-6,13,17H,4,7-12,14H2,1-3H3,(H2,21,22,24). The molecule has 0 amide bonds. The lowest BCUT2D eigenvalue weighted by molar-refractivity contribution is 0.0177. The maximum absolute atomic E-state index is 5.54. The second kappa shape index (κ2) is 10.9. The topological polar surface area (TPSA) is 61.8 Å². The number of rotatable bonds is 8. The van der Waals surface area contributed by atoms with Gasteiger partial charge in [0.15, 0.2) is 5.96 Å². The number of guanidine groups is 1. The fourth-order valence-corrected chi connectivity index (χ4v) is 5.13. The average molecular weight is 422 g/mol. The first-order valence-corrected chi connectivity index (χ1v) is 11.6. The highest BCUT2D eigenvalue weighted by atomic mass is 32.1. The Labute approximate surface area is 176 Å². The van der Waals surface area contributed by atoms with E-state index in [2.05, 4.69) is 51.5 Å². The summed E-state index contributed by atoms with van der Waals surface area (Å²) in [7, 11) is 1.83. The molecule has 1 aliphatic heterocycles. The van der Waals surface area contributed by atoms with E-state index in [1.807, 2.05) is 24.6 Å². The third-order valence-corrected chi connectivity index (χ3v) is 7.15. The molecular weight excluding hydrogens is 390 g/mol. The Morgan fingerprint density at radius 1 is 1.29 bits per heavy atom. The summed E-state index contributed by atoms with van der Waals surface area (Å²) in [5.74, 6) is 0.846. The molecule has 0 aliphatic carbocycles. The molecule has 1 atom stereocenters. The molecule has 3 heterocycles. The summed E-state index contributed by atoms with van der Waals surface area (Å²) in [6, 6.07) is 4.80. The van der Waals surface area contributed by atoms with Crippen molar-refractivity contribution in [3.05, 3.63) is 38.0 Å². The maximum Gasteiger partial charge on any atom is 0.191 e. The van der Waals surface area contributed by atoms with Gasteiger partial charge < -0.3 is 15.4 Å². The molecule has 0 saturated carbocycles. The number of aliphatic imine (C=N–C) groups is 1. The molecule has 2 N–H and O–H groups in total. The van der Waals surface area contributed by atoms with Crippen molar-refractivity contribution >= 4 is 28.6 Å². The molecule has 2 aromatic rings. The van der Waals surface area contributed by atoms with Crippen LogP contribution in [0.15, 0.2) is 23.3 Å². The second-order valence-electron chi connectivity index (χ2n) is 6.82. The van der Waals surface area contributed by atoms with E-state index in [1.165, 1.54) is 19.6 Å². The van der Waals surface area contributed by atoms with Crippen molar-refractivity contribution < 1.29 is 4.74 Å². The zero-order valence-electron chi connectivity index (χ0n) is 17.0.